The van der Waals surface area contributed by atoms with Crippen LogP contribution < -0.4 is 5.56 Å². The van der Waals surface area contributed by atoms with Crippen LogP contribution in [0, 0.1) is 25.2 Å². The molecule has 0 aliphatic carbocycles. The lowest BCUT2D eigenvalue weighted by Crippen LogP contribution is -2.27. The van der Waals surface area contributed by atoms with E-state index in [0.717, 1.165) is 11.3 Å². The predicted molar refractivity (Wildman–Crippen MR) is 81.1 cm³/mol. The lowest BCUT2D eigenvalue weighted by atomic mass is 10.1. The summed E-state index contributed by atoms with van der Waals surface area (Å²) in [4.78, 5) is 12.5. The highest BCUT2D eigenvalue weighted by Gasteiger charge is 2.12. The van der Waals surface area contributed by atoms with Gasteiger partial charge in [-0.1, -0.05) is 29.8 Å². The van der Waals surface area contributed by atoms with E-state index >= 15 is 0 Å². The van der Waals surface area contributed by atoms with Gasteiger partial charge in [-0.3, -0.25) is 4.79 Å². The van der Waals surface area contributed by atoms with E-state index in [9.17, 15) is 10.1 Å². The van der Waals surface area contributed by atoms with Gasteiger partial charge in [-0.05, 0) is 25.5 Å². The largest absolute Gasteiger partial charge is 0.380 e. The van der Waals surface area contributed by atoms with Gasteiger partial charge in [-0.15, -0.1) is 0 Å². The summed E-state index contributed by atoms with van der Waals surface area (Å²) in [5, 5.41) is 9.22. The lowest BCUT2D eigenvalue weighted by molar-refractivity contribution is 0.184. The Morgan fingerprint density at radius 1 is 1.24 bits per heavy atom. The second-order valence-corrected chi connectivity index (χ2v) is 5.11. The number of ether oxygens (including phenoxy) is 1. The van der Waals surface area contributed by atoms with Gasteiger partial charge >= 0.3 is 0 Å². The standard InChI is InChI=1S/C17H18N2O2/c1-12-4-6-14(7-5-12)10-19-13(2)8-15(11-21-3)16(9-18)17(19)20/h4-8H,10-11H2,1-3H3. The number of aryl methyl sites for hydroxylation is 2. The zero-order valence-electron chi connectivity index (χ0n) is 12.5. The van der Waals surface area contributed by atoms with Gasteiger partial charge < -0.3 is 9.30 Å². The Bertz CT molecular complexity index is 737. The molecule has 1 aromatic carbocycles. The van der Waals surface area contributed by atoms with Crippen molar-refractivity contribution in [3.8, 4) is 6.07 Å². The van der Waals surface area contributed by atoms with Gasteiger partial charge in [-0.25, -0.2) is 0 Å². The first-order valence-electron chi connectivity index (χ1n) is 6.74. The second kappa shape index (κ2) is 6.38. The van der Waals surface area contributed by atoms with Crippen molar-refractivity contribution in [1.29, 1.82) is 5.26 Å². The lowest BCUT2D eigenvalue weighted by Gasteiger charge is -2.13. The Morgan fingerprint density at radius 3 is 2.48 bits per heavy atom. The molecule has 4 heteroatoms. The summed E-state index contributed by atoms with van der Waals surface area (Å²) in [6.07, 6.45) is 0. The van der Waals surface area contributed by atoms with Gasteiger partial charge in [0.2, 0.25) is 0 Å². The van der Waals surface area contributed by atoms with Crippen LogP contribution in [0.2, 0.25) is 0 Å². The third-order valence-electron chi connectivity index (χ3n) is 3.46. The number of rotatable bonds is 4. The fourth-order valence-electron chi connectivity index (χ4n) is 2.30. The van der Waals surface area contributed by atoms with Crippen molar-refractivity contribution in [2.75, 3.05) is 7.11 Å². The number of hydrogen-bond acceptors (Lipinski definition) is 3. The van der Waals surface area contributed by atoms with E-state index in [1.54, 1.807) is 11.7 Å². The molecule has 1 heterocycles. The Labute approximate surface area is 124 Å². The SMILES string of the molecule is COCc1cc(C)n(Cc2ccc(C)cc2)c(=O)c1C#N. The maximum absolute atomic E-state index is 12.5. The maximum atomic E-state index is 12.5. The summed E-state index contributed by atoms with van der Waals surface area (Å²) in [7, 11) is 1.55. The van der Waals surface area contributed by atoms with Crippen molar-refractivity contribution >= 4 is 0 Å². The Morgan fingerprint density at radius 2 is 1.90 bits per heavy atom. The molecule has 0 aliphatic rings. The minimum atomic E-state index is -0.259. The van der Waals surface area contributed by atoms with Gasteiger partial charge in [0.25, 0.3) is 5.56 Å². The van der Waals surface area contributed by atoms with Crippen LogP contribution in [0.4, 0.5) is 0 Å². The fourth-order valence-corrected chi connectivity index (χ4v) is 2.30. The summed E-state index contributed by atoms with van der Waals surface area (Å²) >= 11 is 0. The van der Waals surface area contributed by atoms with Crippen LogP contribution >= 0.6 is 0 Å². The number of pyridine rings is 1. The number of nitriles is 1. The van der Waals surface area contributed by atoms with Crippen molar-refractivity contribution in [1.82, 2.24) is 4.57 Å². The van der Waals surface area contributed by atoms with Gasteiger partial charge in [0.05, 0.1) is 13.2 Å². The summed E-state index contributed by atoms with van der Waals surface area (Å²) in [5.74, 6) is 0. The van der Waals surface area contributed by atoms with Gasteiger partial charge in [0.1, 0.15) is 11.6 Å². The molecule has 0 spiro atoms. The summed E-state index contributed by atoms with van der Waals surface area (Å²) in [6.45, 7) is 4.63. The highest BCUT2D eigenvalue weighted by atomic mass is 16.5. The molecule has 0 unspecified atom stereocenters. The van der Waals surface area contributed by atoms with E-state index in [4.69, 9.17) is 4.74 Å². The highest BCUT2D eigenvalue weighted by Crippen LogP contribution is 2.11. The number of methoxy groups -OCH3 is 1. The highest BCUT2D eigenvalue weighted by molar-refractivity contribution is 5.37. The summed E-state index contributed by atoms with van der Waals surface area (Å²) < 4.78 is 6.68. The predicted octanol–water partition coefficient (Wildman–Crippen LogP) is 2.53. The van der Waals surface area contributed by atoms with E-state index in [2.05, 4.69) is 0 Å². The smallest absolute Gasteiger partial charge is 0.269 e. The molecule has 108 valence electrons. The van der Waals surface area contributed by atoms with Crippen molar-refractivity contribution in [2.24, 2.45) is 0 Å². The van der Waals surface area contributed by atoms with Crippen molar-refractivity contribution in [3.05, 3.63) is 68.6 Å². The molecule has 21 heavy (non-hydrogen) atoms. The van der Waals surface area contributed by atoms with Crippen LogP contribution in [0.3, 0.4) is 0 Å². The Hall–Kier alpha value is -2.38. The number of hydrogen-bond donors (Lipinski definition) is 0. The monoisotopic (exact) mass is 282 g/mol. The normalized spacial score (nSPS) is 10.4. The Kier molecular flexibility index (Phi) is 4.56. The molecule has 0 aliphatic heterocycles. The molecule has 0 amide bonds. The molecule has 1 aromatic heterocycles. The minimum Gasteiger partial charge on any atom is -0.380 e. The molecule has 0 saturated heterocycles. The molecule has 0 saturated carbocycles. The van der Waals surface area contributed by atoms with Gasteiger partial charge in [0.15, 0.2) is 0 Å². The van der Waals surface area contributed by atoms with Gasteiger partial charge in [0, 0.05) is 18.4 Å². The van der Waals surface area contributed by atoms with Crippen molar-refractivity contribution in [3.63, 3.8) is 0 Å². The van der Waals surface area contributed by atoms with Crippen molar-refractivity contribution in [2.45, 2.75) is 27.0 Å². The number of aromatic nitrogens is 1. The third kappa shape index (κ3) is 3.21. The maximum Gasteiger partial charge on any atom is 0.269 e. The molecular weight excluding hydrogens is 264 g/mol. The molecule has 0 N–H and O–H groups in total. The molecule has 0 radical (unpaired) electrons. The second-order valence-electron chi connectivity index (χ2n) is 5.11. The van der Waals surface area contributed by atoms with E-state index in [-0.39, 0.29) is 17.7 Å². The molecular formula is C17H18N2O2. The molecule has 2 aromatic rings. The first-order valence-corrected chi connectivity index (χ1v) is 6.74. The number of benzene rings is 1. The first kappa shape index (κ1) is 15.0. The molecule has 4 nitrogen and oxygen atoms in total. The summed E-state index contributed by atoms with van der Waals surface area (Å²) in [6, 6.07) is 11.9. The van der Waals surface area contributed by atoms with Crippen LogP contribution in [0.5, 0.6) is 0 Å². The number of nitrogens with zero attached hydrogens (tertiary/aromatic N) is 2. The zero-order valence-corrected chi connectivity index (χ0v) is 12.5. The fraction of sp³-hybridized carbons (Fsp3) is 0.294. The third-order valence-corrected chi connectivity index (χ3v) is 3.46. The van der Waals surface area contributed by atoms with E-state index in [1.807, 2.05) is 50.2 Å². The van der Waals surface area contributed by atoms with Crippen LogP contribution in [0.1, 0.15) is 27.9 Å². The van der Waals surface area contributed by atoms with Crippen molar-refractivity contribution < 1.29 is 4.74 Å². The zero-order chi connectivity index (χ0) is 15.4. The minimum absolute atomic E-state index is 0.162. The van der Waals surface area contributed by atoms with E-state index in [1.165, 1.54) is 5.56 Å². The molecule has 2 rings (SSSR count). The van der Waals surface area contributed by atoms with Crippen LogP contribution in [0.25, 0.3) is 0 Å². The van der Waals surface area contributed by atoms with Gasteiger partial charge in [-0.2, -0.15) is 5.26 Å². The average Bonchev–Trinajstić information content (AvgIpc) is 2.46. The van der Waals surface area contributed by atoms with E-state index < -0.39 is 0 Å². The molecule has 0 atom stereocenters. The average molecular weight is 282 g/mol. The summed E-state index contributed by atoms with van der Waals surface area (Å²) in [5.41, 5.74) is 3.58. The Balaban J connectivity index is 2.47. The van der Waals surface area contributed by atoms with Crippen LogP contribution in [-0.2, 0) is 17.9 Å². The topological polar surface area (TPSA) is 55.0 Å². The van der Waals surface area contributed by atoms with Crippen LogP contribution in [-0.4, -0.2) is 11.7 Å². The van der Waals surface area contributed by atoms with Crippen LogP contribution in [0.15, 0.2) is 35.1 Å². The molecule has 0 fully saturated rings. The quantitative estimate of drug-likeness (QED) is 0.866. The van der Waals surface area contributed by atoms with E-state index in [0.29, 0.717) is 12.1 Å². The first-order chi connectivity index (χ1) is 10.1. The molecule has 0 bridgehead atoms.